The Balaban J connectivity index is 1.26. The second kappa shape index (κ2) is 17.4. The molecule has 296 valence electrons. The first-order chi connectivity index (χ1) is 26.3. The number of carboxylic acids is 3. The van der Waals surface area contributed by atoms with E-state index in [9.17, 15) is 29.7 Å². The molecule has 3 saturated heterocycles. The van der Waals surface area contributed by atoms with Crippen molar-refractivity contribution in [1.29, 1.82) is 0 Å². The summed E-state index contributed by atoms with van der Waals surface area (Å²) in [5.74, 6) is -2.11. The van der Waals surface area contributed by atoms with Gasteiger partial charge in [-0.3, -0.25) is 19.3 Å². The van der Waals surface area contributed by atoms with Crippen LogP contribution in [-0.4, -0.2) is 77.4 Å². The molecule has 10 heteroatoms. The summed E-state index contributed by atoms with van der Waals surface area (Å²) in [5, 5.41) is 41.1. The van der Waals surface area contributed by atoms with Crippen molar-refractivity contribution in [2.45, 2.75) is 78.9 Å². The lowest BCUT2D eigenvalue weighted by atomic mass is 9.72. The van der Waals surface area contributed by atoms with Crippen LogP contribution in [0, 0.1) is 34.0 Å². The van der Waals surface area contributed by atoms with Crippen LogP contribution in [0.15, 0.2) is 72.8 Å². The molecule has 3 aliphatic rings. The van der Waals surface area contributed by atoms with Crippen LogP contribution in [0.4, 0.5) is 0 Å². The van der Waals surface area contributed by atoms with Crippen LogP contribution >= 0.6 is 0 Å². The molecule has 0 aromatic heterocycles. The normalized spacial score (nSPS) is 23.2. The molecule has 10 nitrogen and oxygen atoms in total. The fraction of sp³-hybridized carbons (Fsp3) is 0.533. The van der Waals surface area contributed by atoms with E-state index in [2.05, 4.69) is 57.2 Å². The van der Waals surface area contributed by atoms with Crippen molar-refractivity contribution in [1.82, 2.24) is 20.9 Å². The molecule has 55 heavy (non-hydrogen) atoms. The summed E-state index contributed by atoms with van der Waals surface area (Å²) in [6.07, 6.45) is 3.89. The minimum Gasteiger partial charge on any atom is -0.481 e. The molecule has 3 aromatic carbocycles. The fourth-order valence-corrected chi connectivity index (χ4v) is 9.51. The van der Waals surface area contributed by atoms with Crippen LogP contribution in [0.2, 0.25) is 0 Å². The van der Waals surface area contributed by atoms with E-state index in [0.717, 1.165) is 72.3 Å². The van der Waals surface area contributed by atoms with Crippen molar-refractivity contribution in [2.24, 2.45) is 34.0 Å². The van der Waals surface area contributed by atoms with Gasteiger partial charge in [0.2, 0.25) is 0 Å². The Hall–Kier alpha value is -4.09. The third kappa shape index (κ3) is 9.48. The number of benzene rings is 3. The zero-order chi connectivity index (χ0) is 39.2. The highest BCUT2D eigenvalue weighted by Gasteiger charge is 2.45. The maximum absolute atomic E-state index is 12.6. The highest BCUT2D eigenvalue weighted by atomic mass is 16.4. The third-order valence-electron chi connectivity index (χ3n) is 13.3. The number of hydrogen-bond acceptors (Lipinski definition) is 7. The fourth-order valence-electron chi connectivity index (χ4n) is 9.51. The van der Waals surface area contributed by atoms with E-state index >= 15 is 0 Å². The second-order valence-electron chi connectivity index (χ2n) is 17.4. The molecule has 0 bridgehead atoms. The van der Waals surface area contributed by atoms with Crippen LogP contribution in [0.25, 0.3) is 0 Å². The average molecular weight is 753 g/mol. The molecule has 3 aliphatic heterocycles. The lowest BCUT2D eigenvalue weighted by molar-refractivity contribution is -0.151. The van der Waals surface area contributed by atoms with Gasteiger partial charge >= 0.3 is 17.9 Å². The Morgan fingerprint density at radius 2 is 0.800 bits per heavy atom. The molecule has 0 radical (unpaired) electrons. The van der Waals surface area contributed by atoms with Gasteiger partial charge in [0.05, 0.1) is 16.2 Å². The molecule has 0 amide bonds. The van der Waals surface area contributed by atoms with Gasteiger partial charge in [-0.05, 0) is 150 Å². The average Bonchev–Trinajstić information content (AvgIpc) is 3.97. The SMILES string of the molecule is CC(Cc1cccc(CN(Cc2cccc(CC(C)(C(=O)O)[C@H]3CCNC3)c2)Cc2cccc(CC(C)(C(=O)O)[C@H]3CCNC3)c2)c1)(C(=O)O)C1CCNC1. The van der Waals surface area contributed by atoms with Gasteiger partial charge in [0.15, 0.2) is 0 Å². The van der Waals surface area contributed by atoms with Crippen molar-refractivity contribution in [3.63, 3.8) is 0 Å². The van der Waals surface area contributed by atoms with E-state index in [-0.39, 0.29) is 17.8 Å². The summed E-state index contributed by atoms with van der Waals surface area (Å²) in [7, 11) is 0. The smallest absolute Gasteiger partial charge is 0.310 e. The molecule has 6 N–H and O–H groups in total. The quantitative estimate of drug-likeness (QED) is 0.0967. The maximum Gasteiger partial charge on any atom is 0.310 e. The Bertz CT molecular complexity index is 1610. The summed E-state index contributed by atoms with van der Waals surface area (Å²) in [5.41, 5.74) is 3.64. The molecule has 0 saturated carbocycles. The van der Waals surface area contributed by atoms with Crippen LogP contribution in [0.5, 0.6) is 0 Å². The molecule has 6 atom stereocenters. The number of carbonyl (C=O) groups is 3. The number of nitrogens with one attached hydrogen (secondary N) is 3. The predicted octanol–water partition coefficient (Wildman–Crippen LogP) is 5.62. The van der Waals surface area contributed by atoms with Crippen LogP contribution in [-0.2, 0) is 53.3 Å². The number of hydrogen-bond donors (Lipinski definition) is 6. The van der Waals surface area contributed by atoms with Crippen LogP contribution in [0.3, 0.4) is 0 Å². The highest BCUT2D eigenvalue weighted by molar-refractivity contribution is 5.76. The summed E-state index contributed by atoms with van der Waals surface area (Å²) in [6, 6.07) is 24.9. The Morgan fingerprint density at radius 1 is 0.527 bits per heavy atom. The zero-order valence-corrected chi connectivity index (χ0v) is 32.8. The minimum atomic E-state index is -0.874. The molecular weight excluding hydrogens is 693 g/mol. The van der Waals surface area contributed by atoms with Crippen molar-refractivity contribution < 1.29 is 29.7 Å². The number of carboxylic acid groups (broad SMARTS) is 3. The van der Waals surface area contributed by atoms with Gasteiger partial charge < -0.3 is 31.3 Å². The van der Waals surface area contributed by atoms with Gasteiger partial charge in [-0.25, -0.2) is 0 Å². The standard InChI is InChI=1S/C45H60N4O6/c1-43(40(50)51,37-13-16-46-25-37)22-31-7-4-10-34(19-31)28-49(29-35-11-5-8-32(20-35)23-44(2,41(52)53)38-14-17-47-26-38)30-36-12-6-9-33(21-36)24-45(3,42(54)55)39-15-18-48-27-39/h4-12,19-21,37-39,46-48H,13-18,22-30H2,1-3H3,(H,50,51)(H,52,53)(H,54,55)/t37-,38-,39?,43?,44?,45?/m0/s1. The van der Waals surface area contributed by atoms with Crippen molar-refractivity contribution in [2.75, 3.05) is 39.3 Å². The van der Waals surface area contributed by atoms with E-state index in [1.165, 1.54) is 0 Å². The zero-order valence-electron chi connectivity index (χ0n) is 32.8. The minimum absolute atomic E-state index is 0.0607. The molecule has 0 aliphatic carbocycles. The second-order valence-corrected chi connectivity index (χ2v) is 17.4. The first-order valence-corrected chi connectivity index (χ1v) is 20.1. The lowest BCUT2D eigenvalue weighted by Gasteiger charge is -2.32. The first kappa shape index (κ1) is 40.6. The maximum atomic E-state index is 12.6. The number of rotatable bonds is 18. The van der Waals surface area contributed by atoms with Crippen molar-refractivity contribution in [3.8, 4) is 0 Å². The van der Waals surface area contributed by atoms with E-state index < -0.39 is 34.2 Å². The molecular formula is C45H60N4O6. The van der Waals surface area contributed by atoms with Gasteiger partial charge in [-0.1, -0.05) is 72.8 Å². The molecule has 3 aromatic rings. The van der Waals surface area contributed by atoms with E-state index in [0.29, 0.717) is 58.5 Å². The Kier molecular flexibility index (Phi) is 12.8. The summed E-state index contributed by atoms with van der Waals surface area (Å²) < 4.78 is 0. The predicted molar refractivity (Wildman–Crippen MR) is 214 cm³/mol. The summed E-state index contributed by atoms with van der Waals surface area (Å²) >= 11 is 0. The van der Waals surface area contributed by atoms with Gasteiger partial charge in [0.25, 0.3) is 0 Å². The molecule has 3 fully saturated rings. The van der Waals surface area contributed by atoms with Gasteiger partial charge in [-0.2, -0.15) is 0 Å². The largest absolute Gasteiger partial charge is 0.481 e. The van der Waals surface area contributed by atoms with E-state index in [1.54, 1.807) is 0 Å². The van der Waals surface area contributed by atoms with E-state index in [4.69, 9.17) is 0 Å². The lowest BCUT2D eigenvalue weighted by Crippen LogP contribution is -2.39. The number of nitrogens with zero attached hydrogens (tertiary/aromatic N) is 1. The number of aliphatic carboxylic acids is 3. The van der Waals surface area contributed by atoms with Crippen LogP contribution in [0.1, 0.15) is 73.4 Å². The van der Waals surface area contributed by atoms with Crippen LogP contribution < -0.4 is 16.0 Å². The highest BCUT2D eigenvalue weighted by Crippen LogP contribution is 2.38. The third-order valence-corrected chi connectivity index (χ3v) is 13.3. The van der Waals surface area contributed by atoms with Gasteiger partial charge in [0.1, 0.15) is 0 Å². The van der Waals surface area contributed by atoms with Gasteiger partial charge in [-0.15, -0.1) is 0 Å². The van der Waals surface area contributed by atoms with E-state index in [1.807, 2.05) is 57.2 Å². The molecule has 0 spiro atoms. The van der Waals surface area contributed by atoms with Gasteiger partial charge in [0, 0.05) is 19.6 Å². The monoisotopic (exact) mass is 752 g/mol. The molecule has 6 rings (SSSR count). The Labute approximate surface area is 326 Å². The first-order valence-electron chi connectivity index (χ1n) is 20.1. The summed E-state index contributed by atoms with van der Waals surface area (Å²) in [6.45, 7) is 12.1. The van der Waals surface area contributed by atoms with Crippen molar-refractivity contribution >= 4 is 17.9 Å². The molecule has 3 heterocycles. The Morgan fingerprint density at radius 3 is 1.04 bits per heavy atom. The van der Waals surface area contributed by atoms with Crippen molar-refractivity contribution in [3.05, 3.63) is 106 Å². The topological polar surface area (TPSA) is 151 Å². The summed E-state index contributed by atoms with van der Waals surface area (Å²) in [4.78, 5) is 40.2. The molecule has 4 unspecified atom stereocenters.